The van der Waals surface area contributed by atoms with Gasteiger partial charge in [-0.3, -0.25) is 9.69 Å². The van der Waals surface area contributed by atoms with Gasteiger partial charge in [-0.05, 0) is 36.8 Å². The van der Waals surface area contributed by atoms with Crippen molar-refractivity contribution < 1.29 is 9.53 Å². The molecule has 1 aromatic rings. The first-order valence-corrected chi connectivity index (χ1v) is 9.08. The zero-order valence-electron chi connectivity index (χ0n) is 15.9. The monoisotopic (exact) mass is 332 g/mol. The van der Waals surface area contributed by atoms with Crippen molar-refractivity contribution in [2.75, 3.05) is 25.0 Å². The number of nitrogens with zero attached hydrogens (tertiary/aromatic N) is 1. The van der Waals surface area contributed by atoms with Crippen LogP contribution in [0.4, 0.5) is 5.69 Å². The van der Waals surface area contributed by atoms with Crippen LogP contribution >= 0.6 is 0 Å². The summed E-state index contributed by atoms with van der Waals surface area (Å²) in [6, 6.07) is 6.32. The predicted octanol–water partition coefficient (Wildman–Crippen LogP) is 3.98. The Kier molecular flexibility index (Phi) is 6.41. The van der Waals surface area contributed by atoms with Crippen LogP contribution in [0.1, 0.15) is 64.5 Å². The van der Waals surface area contributed by atoms with Gasteiger partial charge in [0, 0.05) is 18.8 Å². The highest BCUT2D eigenvalue weighted by Gasteiger charge is 2.24. The van der Waals surface area contributed by atoms with Gasteiger partial charge in [0.2, 0.25) is 5.91 Å². The zero-order chi connectivity index (χ0) is 17.9. The van der Waals surface area contributed by atoms with Gasteiger partial charge < -0.3 is 10.1 Å². The average molecular weight is 332 g/mol. The van der Waals surface area contributed by atoms with Crippen LogP contribution in [-0.2, 0) is 9.53 Å². The molecule has 1 aromatic carbocycles. The van der Waals surface area contributed by atoms with Crippen LogP contribution in [-0.4, -0.2) is 42.6 Å². The van der Waals surface area contributed by atoms with E-state index in [0.29, 0.717) is 18.4 Å². The van der Waals surface area contributed by atoms with E-state index in [1.807, 2.05) is 0 Å². The lowest BCUT2D eigenvalue weighted by molar-refractivity contribution is -0.121. The van der Waals surface area contributed by atoms with Gasteiger partial charge in [0.1, 0.15) is 0 Å². The second kappa shape index (κ2) is 8.13. The molecule has 0 aliphatic carbocycles. The predicted molar refractivity (Wildman–Crippen MR) is 99.7 cm³/mol. The van der Waals surface area contributed by atoms with Crippen LogP contribution in [0.3, 0.4) is 0 Å². The van der Waals surface area contributed by atoms with Crippen molar-refractivity contribution in [1.82, 2.24) is 4.90 Å². The van der Waals surface area contributed by atoms with E-state index in [2.05, 4.69) is 70.0 Å². The number of ether oxygens (including phenoxy) is 1. The minimum Gasteiger partial charge on any atom is -0.373 e. The number of nitrogens with one attached hydrogen (secondary N) is 1. The summed E-state index contributed by atoms with van der Waals surface area (Å²) in [6.07, 6.45) is 0.353. The fourth-order valence-corrected chi connectivity index (χ4v) is 3.49. The second-order valence-electron chi connectivity index (χ2n) is 7.62. The molecule has 1 aliphatic heterocycles. The topological polar surface area (TPSA) is 41.6 Å². The maximum atomic E-state index is 12.7. The van der Waals surface area contributed by atoms with E-state index in [0.717, 1.165) is 18.8 Å². The number of hydrogen-bond acceptors (Lipinski definition) is 3. The van der Waals surface area contributed by atoms with Crippen molar-refractivity contribution in [2.45, 2.75) is 65.6 Å². The van der Waals surface area contributed by atoms with Gasteiger partial charge in [0.05, 0.1) is 18.8 Å². The van der Waals surface area contributed by atoms with Gasteiger partial charge in [0.15, 0.2) is 0 Å². The number of morpholine rings is 1. The molecule has 1 saturated heterocycles. The lowest BCUT2D eigenvalue weighted by Crippen LogP contribution is -2.48. The molecule has 1 aliphatic rings. The largest absolute Gasteiger partial charge is 0.373 e. The van der Waals surface area contributed by atoms with Gasteiger partial charge >= 0.3 is 0 Å². The number of amides is 1. The highest BCUT2D eigenvalue weighted by molar-refractivity contribution is 5.94. The van der Waals surface area contributed by atoms with E-state index in [1.165, 1.54) is 11.1 Å². The van der Waals surface area contributed by atoms with Crippen LogP contribution in [0.2, 0.25) is 0 Å². The Balaban J connectivity index is 2.13. The summed E-state index contributed by atoms with van der Waals surface area (Å²) >= 11 is 0. The second-order valence-corrected chi connectivity index (χ2v) is 7.62. The fourth-order valence-electron chi connectivity index (χ4n) is 3.49. The molecule has 0 aromatic heterocycles. The maximum absolute atomic E-state index is 12.7. The van der Waals surface area contributed by atoms with Crippen molar-refractivity contribution in [3.8, 4) is 0 Å². The van der Waals surface area contributed by atoms with Crippen LogP contribution in [0.25, 0.3) is 0 Å². The number of carbonyl (C=O) groups is 1. The van der Waals surface area contributed by atoms with Crippen LogP contribution in [0, 0.1) is 0 Å². The summed E-state index contributed by atoms with van der Waals surface area (Å²) < 4.78 is 5.74. The zero-order valence-corrected chi connectivity index (χ0v) is 15.9. The number of benzene rings is 1. The summed E-state index contributed by atoms with van der Waals surface area (Å²) in [5.74, 6) is 0.816. The fraction of sp³-hybridized carbons (Fsp3) is 0.650. The van der Waals surface area contributed by atoms with Gasteiger partial charge in [-0.2, -0.15) is 0 Å². The molecule has 1 amide bonds. The number of rotatable bonds is 5. The molecule has 1 N–H and O–H groups in total. The van der Waals surface area contributed by atoms with E-state index in [1.54, 1.807) is 0 Å². The lowest BCUT2D eigenvalue weighted by Gasteiger charge is -2.34. The number of hydrogen-bond donors (Lipinski definition) is 1. The third kappa shape index (κ3) is 4.81. The van der Waals surface area contributed by atoms with Crippen molar-refractivity contribution >= 4 is 11.6 Å². The molecule has 0 spiro atoms. The van der Waals surface area contributed by atoms with Crippen LogP contribution in [0.5, 0.6) is 0 Å². The molecule has 4 nitrogen and oxygen atoms in total. The molecule has 0 saturated carbocycles. The molecule has 0 unspecified atom stereocenters. The Morgan fingerprint density at radius 1 is 1.12 bits per heavy atom. The third-order valence-electron chi connectivity index (χ3n) is 4.50. The van der Waals surface area contributed by atoms with E-state index >= 15 is 0 Å². The lowest BCUT2D eigenvalue weighted by atomic mass is 9.92. The normalized spacial score (nSPS) is 22.2. The first-order chi connectivity index (χ1) is 11.3. The first kappa shape index (κ1) is 18.9. The Morgan fingerprint density at radius 2 is 1.62 bits per heavy atom. The summed E-state index contributed by atoms with van der Waals surface area (Å²) in [5, 5.41) is 3.20. The van der Waals surface area contributed by atoms with E-state index in [-0.39, 0.29) is 18.1 Å². The molecule has 0 radical (unpaired) electrons. The molecule has 1 fully saturated rings. The quantitative estimate of drug-likeness (QED) is 0.887. The molecule has 24 heavy (non-hydrogen) atoms. The van der Waals surface area contributed by atoms with Crippen LogP contribution in [0.15, 0.2) is 18.2 Å². The number of para-hydroxylation sites is 1. The van der Waals surface area contributed by atoms with Crippen molar-refractivity contribution in [3.63, 3.8) is 0 Å². The van der Waals surface area contributed by atoms with E-state index in [4.69, 9.17) is 4.74 Å². The van der Waals surface area contributed by atoms with Crippen LogP contribution < -0.4 is 5.32 Å². The highest BCUT2D eigenvalue weighted by atomic mass is 16.5. The molecule has 2 atom stereocenters. The molecule has 0 bridgehead atoms. The van der Waals surface area contributed by atoms with Gasteiger partial charge in [0.25, 0.3) is 0 Å². The average Bonchev–Trinajstić information content (AvgIpc) is 2.45. The number of anilines is 1. The first-order valence-electron chi connectivity index (χ1n) is 9.08. The highest BCUT2D eigenvalue weighted by Crippen LogP contribution is 2.32. The Hall–Kier alpha value is -1.39. The summed E-state index contributed by atoms with van der Waals surface area (Å²) in [6.45, 7) is 14.8. The molecular weight excluding hydrogens is 300 g/mol. The van der Waals surface area contributed by atoms with Crippen molar-refractivity contribution in [2.24, 2.45) is 0 Å². The summed E-state index contributed by atoms with van der Waals surface area (Å²) in [7, 11) is 0. The van der Waals surface area contributed by atoms with Gasteiger partial charge in [-0.1, -0.05) is 45.9 Å². The van der Waals surface area contributed by atoms with Gasteiger partial charge in [-0.25, -0.2) is 0 Å². The summed E-state index contributed by atoms with van der Waals surface area (Å²) in [4.78, 5) is 14.8. The van der Waals surface area contributed by atoms with E-state index < -0.39 is 0 Å². The Labute approximate surface area is 146 Å². The Morgan fingerprint density at radius 3 is 2.08 bits per heavy atom. The molecule has 2 rings (SSSR count). The molecule has 134 valence electrons. The SMILES string of the molecule is CC(C)c1cccc(C(C)C)c1NC(=O)CN1C[C@@H](C)O[C@H](C)C1. The third-order valence-corrected chi connectivity index (χ3v) is 4.50. The molecule has 1 heterocycles. The molecular formula is C20H32N2O2. The van der Waals surface area contributed by atoms with Gasteiger partial charge in [-0.15, -0.1) is 0 Å². The standard InChI is InChI=1S/C20H32N2O2/c1-13(2)17-8-7-9-18(14(3)4)20(17)21-19(23)12-22-10-15(5)24-16(6)11-22/h7-9,13-16H,10-12H2,1-6H3,(H,21,23)/t15-,16-/m1/s1. The van der Waals surface area contributed by atoms with E-state index in [9.17, 15) is 4.79 Å². The van der Waals surface area contributed by atoms with Crippen molar-refractivity contribution in [1.29, 1.82) is 0 Å². The maximum Gasteiger partial charge on any atom is 0.238 e. The minimum absolute atomic E-state index is 0.0614. The van der Waals surface area contributed by atoms with Crippen molar-refractivity contribution in [3.05, 3.63) is 29.3 Å². The summed E-state index contributed by atoms with van der Waals surface area (Å²) in [5.41, 5.74) is 3.42. The minimum atomic E-state index is 0.0614. The smallest absolute Gasteiger partial charge is 0.238 e. The number of carbonyl (C=O) groups excluding carboxylic acids is 1. The molecule has 4 heteroatoms. The Bertz CT molecular complexity index is 533.